The summed E-state index contributed by atoms with van der Waals surface area (Å²) in [5.41, 5.74) is 5.31. The number of aryl methyl sites for hydroxylation is 1. The zero-order chi connectivity index (χ0) is 20.8. The summed E-state index contributed by atoms with van der Waals surface area (Å²) in [6.07, 6.45) is 0. The Morgan fingerprint density at radius 1 is 0.967 bits per heavy atom. The number of benzene rings is 3. The van der Waals surface area contributed by atoms with Gasteiger partial charge < -0.3 is 10.1 Å². The molecule has 1 N–H and O–H groups in total. The first-order valence-electron chi connectivity index (χ1n) is 9.74. The van der Waals surface area contributed by atoms with Gasteiger partial charge in [0.25, 0.3) is 5.91 Å². The molecule has 0 saturated carbocycles. The minimum atomic E-state index is -0.145. The number of aromatic nitrogens is 1. The standard InChI is InChI=1S/C25H22N2O2S/c1-18-6-5-9-22(14-18)29-16-24(28)26-15-19-10-12-21(13-11-19)25-27-23(17-30-25)20-7-3-2-4-8-20/h2-14,17H,15-16H2,1H3,(H,26,28). The Bertz CT molecular complexity index is 1120. The number of nitrogens with zero attached hydrogens (tertiary/aromatic N) is 1. The molecule has 0 fully saturated rings. The first-order valence-corrected chi connectivity index (χ1v) is 10.6. The third kappa shape index (κ3) is 5.13. The number of hydrogen-bond donors (Lipinski definition) is 1. The van der Waals surface area contributed by atoms with Crippen LogP contribution in [0.15, 0.2) is 84.2 Å². The van der Waals surface area contributed by atoms with Crippen LogP contribution in [-0.2, 0) is 11.3 Å². The molecule has 1 heterocycles. The van der Waals surface area contributed by atoms with Gasteiger partial charge in [-0.2, -0.15) is 0 Å². The minimum Gasteiger partial charge on any atom is -0.484 e. The van der Waals surface area contributed by atoms with Crippen molar-refractivity contribution in [1.82, 2.24) is 10.3 Å². The predicted octanol–water partition coefficient (Wildman–Crippen LogP) is 5.48. The Labute approximate surface area is 180 Å². The van der Waals surface area contributed by atoms with Crippen LogP contribution in [0.25, 0.3) is 21.8 Å². The molecule has 4 aromatic rings. The molecule has 5 heteroatoms. The fourth-order valence-corrected chi connectivity index (χ4v) is 3.85. The monoisotopic (exact) mass is 414 g/mol. The first-order chi connectivity index (χ1) is 14.7. The highest BCUT2D eigenvalue weighted by molar-refractivity contribution is 7.13. The molecular weight excluding hydrogens is 392 g/mol. The fraction of sp³-hybridized carbons (Fsp3) is 0.120. The van der Waals surface area contributed by atoms with Crippen molar-refractivity contribution in [3.05, 3.63) is 95.4 Å². The highest BCUT2D eigenvalue weighted by Gasteiger charge is 2.07. The average molecular weight is 415 g/mol. The maximum absolute atomic E-state index is 12.1. The Hall–Kier alpha value is -3.44. The molecule has 150 valence electrons. The SMILES string of the molecule is Cc1cccc(OCC(=O)NCc2ccc(-c3nc(-c4ccccc4)cs3)cc2)c1. The summed E-state index contributed by atoms with van der Waals surface area (Å²) in [6, 6.07) is 25.9. The van der Waals surface area contributed by atoms with Crippen molar-refractivity contribution < 1.29 is 9.53 Å². The maximum atomic E-state index is 12.1. The molecular formula is C25H22N2O2S. The molecule has 0 spiro atoms. The highest BCUT2D eigenvalue weighted by atomic mass is 32.1. The highest BCUT2D eigenvalue weighted by Crippen LogP contribution is 2.28. The van der Waals surface area contributed by atoms with E-state index in [1.54, 1.807) is 11.3 Å². The zero-order valence-electron chi connectivity index (χ0n) is 16.7. The smallest absolute Gasteiger partial charge is 0.258 e. The molecule has 0 radical (unpaired) electrons. The van der Waals surface area contributed by atoms with Gasteiger partial charge in [-0.05, 0) is 30.2 Å². The molecule has 0 atom stereocenters. The lowest BCUT2D eigenvalue weighted by Crippen LogP contribution is -2.28. The van der Waals surface area contributed by atoms with Gasteiger partial charge in [-0.1, -0.05) is 66.7 Å². The van der Waals surface area contributed by atoms with Gasteiger partial charge in [-0.3, -0.25) is 4.79 Å². The summed E-state index contributed by atoms with van der Waals surface area (Å²) in [4.78, 5) is 16.8. The van der Waals surface area contributed by atoms with Crippen LogP contribution in [0.1, 0.15) is 11.1 Å². The van der Waals surface area contributed by atoms with E-state index >= 15 is 0 Å². The van der Waals surface area contributed by atoms with Gasteiger partial charge in [0.2, 0.25) is 0 Å². The average Bonchev–Trinajstić information content (AvgIpc) is 3.28. The van der Waals surface area contributed by atoms with E-state index < -0.39 is 0 Å². The topological polar surface area (TPSA) is 51.2 Å². The lowest BCUT2D eigenvalue weighted by atomic mass is 10.1. The van der Waals surface area contributed by atoms with Crippen molar-refractivity contribution >= 4 is 17.2 Å². The third-order valence-electron chi connectivity index (χ3n) is 4.62. The van der Waals surface area contributed by atoms with Crippen LogP contribution in [0.3, 0.4) is 0 Å². The van der Waals surface area contributed by atoms with Crippen LogP contribution in [0.5, 0.6) is 5.75 Å². The predicted molar refractivity (Wildman–Crippen MR) is 122 cm³/mol. The lowest BCUT2D eigenvalue weighted by molar-refractivity contribution is -0.123. The molecule has 0 unspecified atom stereocenters. The normalized spacial score (nSPS) is 10.6. The summed E-state index contributed by atoms with van der Waals surface area (Å²) in [5.74, 6) is 0.556. The van der Waals surface area contributed by atoms with Crippen LogP contribution in [0.4, 0.5) is 0 Å². The minimum absolute atomic E-state index is 0.00289. The Balaban J connectivity index is 1.31. The molecule has 0 saturated heterocycles. The summed E-state index contributed by atoms with van der Waals surface area (Å²) in [6.45, 7) is 2.46. The summed E-state index contributed by atoms with van der Waals surface area (Å²) in [7, 11) is 0. The summed E-state index contributed by atoms with van der Waals surface area (Å²) in [5, 5.41) is 5.95. The molecule has 0 aliphatic carbocycles. The summed E-state index contributed by atoms with van der Waals surface area (Å²) >= 11 is 1.63. The van der Waals surface area contributed by atoms with Crippen molar-refractivity contribution in [2.24, 2.45) is 0 Å². The van der Waals surface area contributed by atoms with E-state index in [2.05, 4.69) is 22.8 Å². The maximum Gasteiger partial charge on any atom is 0.258 e. The van der Waals surface area contributed by atoms with Crippen LogP contribution >= 0.6 is 11.3 Å². The van der Waals surface area contributed by atoms with E-state index in [4.69, 9.17) is 9.72 Å². The van der Waals surface area contributed by atoms with Crippen molar-refractivity contribution in [2.45, 2.75) is 13.5 Å². The fourth-order valence-electron chi connectivity index (χ4n) is 3.02. The van der Waals surface area contributed by atoms with E-state index in [1.165, 1.54) is 0 Å². The molecule has 4 nitrogen and oxygen atoms in total. The lowest BCUT2D eigenvalue weighted by Gasteiger charge is -2.08. The molecule has 1 amide bonds. The van der Waals surface area contributed by atoms with Gasteiger partial charge in [0.1, 0.15) is 10.8 Å². The van der Waals surface area contributed by atoms with Gasteiger partial charge in [-0.25, -0.2) is 4.98 Å². The molecule has 4 rings (SSSR count). The van der Waals surface area contributed by atoms with Crippen molar-refractivity contribution in [3.8, 4) is 27.6 Å². The number of amides is 1. The van der Waals surface area contributed by atoms with Gasteiger partial charge in [-0.15, -0.1) is 11.3 Å². The number of nitrogens with one attached hydrogen (secondary N) is 1. The second-order valence-electron chi connectivity index (χ2n) is 6.98. The number of hydrogen-bond acceptors (Lipinski definition) is 4. The van der Waals surface area contributed by atoms with Crippen molar-refractivity contribution in [2.75, 3.05) is 6.61 Å². The number of carbonyl (C=O) groups excluding carboxylic acids is 1. The Kier molecular flexibility index (Phi) is 6.20. The summed E-state index contributed by atoms with van der Waals surface area (Å²) < 4.78 is 5.53. The molecule has 30 heavy (non-hydrogen) atoms. The van der Waals surface area contributed by atoms with Crippen molar-refractivity contribution in [3.63, 3.8) is 0 Å². The van der Waals surface area contributed by atoms with E-state index in [9.17, 15) is 4.79 Å². The van der Waals surface area contributed by atoms with Crippen LogP contribution in [0, 0.1) is 6.92 Å². The van der Waals surface area contributed by atoms with Crippen LogP contribution < -0.4 is 10.1 Å². The van der Waals surface area contributed by atoms with Gasteiger partial charge in [0.15, 0.2) is 6.61 Å². The Morgan fingerprint density at radius 3 is 2.53 bits per heavy atom. The van der Waals surface area contributed by atoms with Crippen LogP contribution in [-0.4, -0.2) is 17.5 Å². The molecule has 1 aromatic heterocycles. The van der Waals surface area contributed by atoms with Gasteiger partial charge in [0, 0.05) is 23.1 Å². The second kappa shape index (κ2) is 9.37. The Morgan fingerprint density at radius 2 is 1.77 bits per heavy atom. The van der Waals surface area contributed by atoms with Gasteiger partial charge >= 0.3 is 0 Å². The third-order valence-corrected chi connectivity index (χ3v) is 5.52. The zero-order valence-corrected chi connectivity index (χ0v) is 17.5. The van der Waals surface area contributed by atoms with E-state index in [-0.39, 0.29) is 12.5 Å². The largest absolute Gasteiger partial charge is 0.484 e. The van der Waals surface area contributed by atoms with Gasteiger partial charge in [0.05, 0.1) is 5.69 Å². The number of rotatable bonds is 7. The van der Waals surface area contributed by atoms with Crippen molar-refractivity contribution in [1.29, 1.82) is 0 Å². The van der Waals surface area contributed by atoms with E-state index in [0.717, 1.165) is 33.0 Å². The number of ether oxygens (including phenoxy) is 1. The first kappa shape index (κ1) is 19.9. The molecule has 0 bridgehead atoms. The van der Waals surface area contributed by atoms with Crippen LogP contribution in [0.2, 0.25) is 0 Å². The van der Waals surface area contributed by atoms with E-state index in [0.29, 0.717) is 12.3 Å². The number of carbonyl (C=O) groups is 1. The molecule has 0 aliphatic rings. The number of thiazole rings is 1. The second-order valence-corrected chi connectivity index (χ2v) is 7.84. The quantitative estimate of drug-likeness (QED) is 0.436. The molecule has 3 aromatic carbocycles. The van der Waals surface area contributed by atoms with E-state index in [1.807, 2.05) is 73.7 Å². The molecule has 0 aliphatic heterocycles.